The maximum atomic E-state index is 12.4. The van der Waals surface area contributed by atoms with Crippen LogP contribution in [0.5, 0.6) is 0 Å². The van der Waals surface area contributed by atoms with E-state index in [4.69, 9.17) is 9.72 Å². The third-order valence-electron chi connectivity index (χ3n) is 5.71. The number of H-pyrrole nitrogens is 2. The molecule has 0 spiro atoms. The van der Waals surface area contributed by atoms with E-state index in [0.29, 0.717) is 34.9 Å². The summed E-state index contributed by atoms with van der Waals surface area (Å²) in [6, 6.07) is 10.2. The fraction of sp³-hybridized carbons (Fsp3) is 0.304. The number of benzene rings is 1. The summed E-state index contributed by atoms with van der Waals surface area (Å²) in [6.45, 7) is 7.44. The smallest absolute Gasteiger partial charge is 0.253 e. The number of hydrogen-bond acceptors (Lipinski definition) is 7. The molecule has 1 aromatic carbocycles. The number of rotatable bonds is 5. The zero-order chi connectivity index (χ0) is 22.1. The van der Waals surface area contributed by atoms with Crippen LogP contribution in [-0.2, 0) is 11.3 Å². The normalized spacial score (nSPS) is 14.1. The van der Waals surface area contributed by atoms with Gasteiger partial charge in [-0.05, 0) is 49.7 Å². The molecule has 3 N–H and O–H groups in total. The minimum atomic E-state index is -0.0937. The molecular weight excluding hydrogens is 406 g/mol. The van der Waals surface area contributed by atoms with Gasteiger partial charge >= 0.3 is 0 Å². The van der Waals surface area contributed by atoms with Crippen LogP contribution in [0.3, 0.4) is 0 Å². The van der Waals surface area contributed by atoms with Crippen molar-refractivity contribution in [1.82, 2.24) is 24.9 Å². The Morgan fingerprint density at radius 2 is 1.91 bits per heavy atom. The van der Waals surface area contributed by atoms with Crippen LogP contribution < -0.4 is 15.8 Å². The van der Waals surface area contributed by atoms with E-state index in [1.807, 2.05) is 32.0 Å². The quantitative estimate of drug-likeness (QED) is 0.445. The molecule has 0 radical (unpaired) electrons. The summed E-state index contributed by atoms with van der Waals surface area (Å²) >= 11 is 0. The highest BCUT2D eigenvalue weighted by molar-refractivity contribution is 5.84. The molecular formula is C23H25N7O2. The van der Waals surface area contributed by atoms with Crippen molar-refractivity contribution < 1.29 is 4.74 Å². The van der Waals surface area contributed by atoms with Crippen molar-refractivity contribution in [2.75, 3.05) is 36.5 Å². The van der Waals surface area contributed by atoms with Gasteiger partial charge in [0, 0.05) is 42.1 Å². The molecule has 0 unspecified atom stereocenters. The monoisotopic (exact) mass is 431 g/mol. The topological polar surface area (TPSA) is 112 Å². The van der Waals surface area contributed by atoms with Crippen molar-refractivity contribution in [2.24, 2.45) is 0 Å². The van der Waals surface area contributed by atoms with Crippen molar-refractivity contribution in [3.05, 3.63) is 63.8 Å². The summed E-state index contributed by atoms with van der Waals surface area (Å²) in [5.41, 5.74) is 5.71. The highest BCUT2D eigenvalue weighted by atomic mass is 16.5. The minimum absolute atomic E-state index is 0.0937. The van der Waals surface area contributed by atoms with E-state index in [2.05, 4.69) is 42.3 Å². The van der Waals surface area contributed by atoms with Gasteiger partial charge in [0.1, 0.15) is 5.52 Å². The molecule has 0 bridgehead atoms. The first-order valence-electron chi connectivity index (χ1n) is 10.7. The first-order valence-corrected chi connectivity index (χ1v) is 10.7. The second kappa shape index (κ2) is 8.43. The third-order valence-corrected chi connectivity index (χ3v) is 5.71. The van der Waals surface area contributed by atoms with Gasteiger partial charge in [0.2, 0.25) is 0 Å². The Morgan fingerprint density at radius 1 is 1.12 bits per heavy atom. The second-order valence-corrected chi connectivity index (χ2v) is 7.94. The van der Waals surface area contributed by atoms with Crippen molar-refractivity contribution >= 4 is 22.7 Å². The largest absolute Gasteiger partial charge is 0.378 e. The second-order valence-electron chi connectivity index (χ2n) is 7.94. The highest BCUT2D eigenvalue weighted by Crippen LogP contribution is 2.25. The van der Waals surface area contributed by atoms with Crippen LogP contribution in [0.4, 0.5) is 11.5 Å². The number of pyridine rings is 1. The molecule has 32 heavy (non-hydrogen) atoms. The first kappa shape index (κ1) is 20.2. The number of aromatic nitrogens is 5. The zero-order valence-electron chi connectivity index (χ0n) is 18.1. The Balaban J connectivity index is 1.44. The van der Waals surface area contributed by atoms with Crippen LogP contribution in [0.25, 0.3) is 22.6 Å². The molecule has 0 aliphatic carbocycles. The van der Waals surface area contributed by atoms with E-state index in [0.717, 1.165) is 48.8 Å². The minimum Gasteiger partial charge on any atom is -0.378 e. The fourth-order valence-corrected chi connectivity index (χ4v) is 4.01. The fourth-order valence-electron chi connectivity index (χ4n) is 4.01. The average Bonchev–Trinajstić information content (AvgIpc) is 3.28. The zero-order valence-corrected chi connectivity index (χ0v) is 18.1. The van der Waals surface area contributed by atoms with Gasteiger partial charge in [-0.1, -0.05) is 0 Å². The van der Waals surface area contributed by atoms with Crippen molar-refractivity contribution in [3.8, 4) is 11.4 Å². The van der Waals surface area contributed by atoms with E-state index >= 15 is 0 Å². The van der Waals surface area contributed by atoms with Crippen LogP contribution in [-0.4, -0.2) is 51.2 Å². The summed E-state index contributed by atoms with van der Waals surface area (Å²) in [4.78, 5) is 34.3. The number of hydrogen-bond donors (Lipinski definition) is 3. The number of nitrogens with zero attached hydrogens (tertiary/aromatic N) is 4. The Bertz CT molecular complexity index is 1300. The van der Waals surface area contributed by atoms with Crippen molar-refractivity contribution in [2.45, 2.75) is 20.4 Å². The third kappa shape index (κ3) is 3.94. The summed E-state index contributed by atoms with van der Waals surface area (Å²) < 4.78 is 5.44. The Kier molecular flexibility index (Phi) is 5.32. The summed E-state index contributed by atoms with van der Waals surface area (Å²) in [6.07, 6.45) is 1.60. The maximum Gasteiger partial charge on any atom is 0.253 e. The standard InChI is InChI=1S/C23H25N7O2/c1-14-11-15(2)27-23(31)18(14)12-24-21-19-22(26-13-25-19)29-20(28-21)16-3-5-17(6-4-16)30-7-9-32-10-8-30/h3-6,11,13H,7-10,12H2,1-2H3,(H,27,31)(H2,24,25,26,28,29). The lowest BCUT2D eigenvalue weighted by molar-refractivity contribution is 0.122. The maximum absolute atomic E-state index is 12.4. The van der Waals surface area contributed by atoms with Crippen molar-refractivity contribution in [3.63, 3.8) is 0 Å². The SMILES string of the molecule is Cc1cc(C)c(CNc2nc(-c3ccc(N4CCOCC4)cc3)nc3nc[nH]c23)c(=O)[nH]1. The predicted octanol–water partition coefficient (Wildman–Crippen LogP) is 2.77. The molecule has 164 valence electrons. The van der Waals surface area contributed by atoms with Crippen LogP contribution in [0.2, 0.25) is 0 Å². The molecule has 1 aliphatic rings. The van der Waals surface area contributed by atoms with Crippen LogP contribution in [0, 0.1) is 13.8 Å². The number of aromatic amines is 2. The van der Waals surface area contributed by atoms with Crippen LogP contribution in [0.1, 0.15) is 16.8 Å². The molecule has 5 rings (SSSR count). The van der Waals surface area contributed by atoms with Crippen LogP contribution in [0.15, 0.2) is 41.5 Å². The van der Waals surface area contributed by atoms with E-state index in [-0.39, 0.29) is 5.56 Å². The van der Waals surface area contributed by atoms with E-state index < -0.39 is 0 Å². The van der Waals surface area contributed by atoms with Gasteiger partial charge in [0.05, 0.1) is 19.5 Å². The molecule has 1 fully saturated rings. The molecule has 4 heterocycles. The number of nitrogens with one attached hydrogen (secondary N) is 3. The van der Waals surface area contributed by atoms with Crippen LogP contribution >= 0.6 is 0 Å². The molecule has 9 heteroatoms. The molecule has 0 saturated carbocycles. The molecule has 3 aromatic heterocycles. The summed E-state index contributed by atoms with van der Waals surface area (Å²) in [5, 5.41) is 3.30. The predicted molar refractivity (Wildman–Crippen MR) is 124 cm³/mol. The molecule has 1 saturated heterocycles. The lowest BCUT2D eigenvalue weighted by atomic mass is 10.1. The molecule has 4 aromatic rings. The molecule has 0 atom stereocenters. The average molecular weight is 432 g/mol. The van der Waals surface area contributed by atoms with Gasteiger partial charge in [0.25, 0.3) is 5.56 Å². The van der Waals surface area contributed by atoms with Gasteiger partial charge in [-0.15, -0.1) is 0 Å². The number of imidazole rings is 1. The molecule has 1 aliphatic heterocycles. The lowest BCUT2D eigenvalue weighted by Crippen LogP contribution is -2.36. The van der Waals surface area contributed by atoms with E-state index in [1.165, 1.54) is 0 Å². The first-order chi connectivity index (χ1) is 15.6. The number of aryl methyl sites for hydroxylation is 2. The van der Waals surface area contributed by atoms with Gasteiger partial charge in [-0.2, -0.15) is 0 Å². The Morgan fingerprint density at radius 3 is 2.66 bits per heavy atom. The lowest BCUT2D eigenvalue weighted by Gasteiger charge is -2.28. The Labute approximate surface area is 184 Å². The number of morpholine rings is 1. The number of ether oxygens (including phenoxy) is 1. The van der Waals surface area contributed by atoms with Gasteiger partial charge < -0.3 is 24.9 Å². The molecule has 9 nitrogen and oxygen atoms in total. The van der Waals surface area contributed by atoms with E-state index in [1.54, 1.807) is 6.33 Å². The molecule has 0 amide bonds. The number of fused-ring (bicyclic) bond motifs is 1. The van der Waals surface area contributed by atoms with Gasteiger partial charge in [0.15, 0.2) is 17.3 Å². The Hall–Kier alpha value is -3.72. The van der Waals surface area contributed by atoms with E-state index in [9.17, 15) is 4.79 Å². The number of anilines is 2. The highest BCUT2D eigenvalue weighted by Gasteiger charge is 2.15. The van der Waals surface area contributed by atoms with Gasteiger partial charge in [-0.25, -0.2) is 15.0 Å². The summed E-state index contributed by atoms with van der Waals surface area (Å²) in [7, 11) is 0. The van der Waals surface area contributed by atoms with Gasteiger partial charge in [-0.3, -0.25) is 4.79 Å². The van der Waals surface area contributed by atoms with Crippen molar-refractivity contribution in [1.29, 1.82) is 0 Å². The summed E-state index contributed by atoms with van der Waals surface area (Å²) in [5.74, 6) is 1.19.